The Bertz CT molecular complexity index is 450. The van der Waals surface area contributed by atoms with Crippen molar-refractivity contribution in [1.82, 2.24) is 5.32 Å². The van der Waals surface area contributed by atoms with Crippen LogP contribution in [0.1, 0.15) is 41.1 Å². The van der Waals surface area contributed by atoms with Crippen molar-refractivity contribution in [2.75, 3.05) is 0 Å². The van der Waals surface area contributed by atoms with Crippen LogP contribution >= 0.6 is 11.8 Å². The molecule has 0 aromatic heterocycles. The Morgan fingerprint density at radius 1 is 1.32 bits per heavy atom. The highest BCUT2D eigenvalue weighted by Crippen LogP contribution is 2.34. The molecule has 1 aromatic rings. The van der Waals surface area contributed by atoms with Gasteiger partial charge in [0.1, 0.15) is 0 Å². The number of aliphatic imine (C=N–C) groups is 1. The number of nitrogens with zero attached hydrogens (tertiary/aromatic N) is 1. The summed E-state index contributed by atoms with van der Waals surface area (Å²) in [4.78, 5) is 16.2. The molecule has 1 unspecified atom stereocenters. The maximum Gasteiger partial charge on any atom is 0.242 e. The number of nitrogens with one attached hydrogen (secondary N) is 1. The molecule has 0 bridgehead atoms. The predicted octanol–water partition coefficient (Wildman–Crippen LogP) is 3.85. The van der Waals surface area contributed by atoms with Crippen molar-refractivity contribution in [2.45, 2.75) is 45.4 Å². The van der Waals surface area contributed by atoms with Gasteiger partial charge in [-0.3, -0.25) is 9.79 Å². The molecule has 19 heavy (non-hydrogen) atoms. The Hall–Kier alpha value is -1.29. The molecule has 0 spiro atoms. The van der Waals surface area contributed by atoms with Gasteiger partial charge in [-0.1, -0.05) is 62.9 Å². The zero-order valence-electron chi connectivity index (χ0n) is 12.1. The lowest BCUT2D eigenvalue weighted by Gasteiger charge is -2.14. The van der Waals surface area contributed by atoms with Gasteiger partial charge in [0.05, 0.1) is 11.3 Å². The highest BCUT2D eigenvalue weighted by molar-refractivity contribution is 8.16. The van der Waals surface area contributed by atoms with E-state index >= 15 is 0 Å². The van der Waals surface area contributed by atoms with E-state index in [0.29, 0.717) is 6.54 Å². The van der Waals surface area contributed by atoms with Crippen LogP contribution in [0.15, 0.2) is 35.3 Å². The maximum atomic E-state index is 11.7. The van der Waals surface area contributed by atoms with E-state index in [-0.39, 0.29) is 12.1 Å². The van der Waals surface area contributed by atoms with Crippen molar-refractivity contribution in [1.29, 1.82) is 0 Å². The van der Waals surface area contributed by atoms with Crippen LogP contribution in [0.25, 0.3) is 0 Å². The summed E-state index contributed by atoms with van der Waals surface area (Å²) in [5.74, 6) is 0.0665. The number of carbonyl (C=O) groups is 1. The Morgan fingerprint density at radius 3 is 2.47 bits per heavy atom. The molecule has 1 N–H and O–H groups in total. The van der Waals surface area contributed by atoms with Crippen molar-refractivity contribution < 1.29 is 6.22 Å². The van der Waals surface area contributed by atoms with Gasteiger partial charge in [-0.05, 0) is 18.9 Å². The molecule has 3 nitrogen and oxygen atoms in total. The maximum absolute atomic E-state index is 11.7. The standard InChI is InChI=1S/C13H16N2OS.C2H6.H2/c1-3-13(2)11(16)15-12(17-13)14-9-10-7-5-4-6-8-10;1-2;/h4-8H,3,9H2,1-2H3,(H,14,15,16);1-2H3;1H. The molecule has 1 fully saturated rings. The zero-order chi connectivity index (χ0) is 14.3. The monoisotopic (exact) mass is 280 g/mol. The Kier molecular flexibility index (Phi) is 6.09. The summed E-state index contributed by atoms with van der Waals surface area (Å²) in [6.45, 7) is 8.59. The molecule has 1 aliphatic heterocycles. The third-order valence-corrected chi connectivity index (χ3v) is 4.29. The molecule has 1 aliphatic rings. The number of carbonyl (C=O) groups excluding carboxylic acids is 1. The van der Waals surface area contributed by atoms with E-state index < -0.39 is 0 Å². The summed E-state index contributed by atoms with van der Waals surface area (Å²) in [5, 5.41) is 3.58. The highest BCUT2D eigenvalue weighted by atomic mass is 32.2. The van der Waals surface area contributed by atoms with Crippen molar-refractivity contribution in [3.05, 3.63) is 35.9 Å². The van der Waals surface area contributed by atoms with Gasteiger partial charge >= 0.3 is 0 Å². The molecule has 1 saturated heterocycles. The van der Waals surface area contributed by atoms with Gasteiger partial charge in [0.25, 0.3) is 0 Å². The van der Waals surface area contributed by atoms with Crippen LogP contribution in [0.4, 0.5) is 0 Å². The number of benzene rings is 1. The summed E-state index contributed by atoms with van der Waals surface area (Å²) in [6, 6.07) is 10.0. The molecule has 0 radical (unpaired) electrons. The minimum absolute atomic E-state index is 0. The molecular weight excluding hydrogens is 256 g/mol. The highest BCUT2D eigenvalue weighted by Gasteiger charge is 2.40. The number of amides is 1. The smallest absolute Gasteiger partial charge is 0.242 e. The fraction of sp³-hybridized carbons (Fsp3) is 0.467. The van der Waals surface area contributed by atoms with Crippen LogP contribution in [-0.4, -0.2) is 15.8 Å². The molecule has 0 saturated carbocycles. The van der Waals surface area contributed by atoms with Gasteiger partial charge < -0.3 is 5.32 Å². The topological polar surface area (TPSA) is 41.5 Å². The number of hydrogen-bond acceptors (Lipinski definition) is 3. The van der Waals surface area contributed by atoms with E-state index in [9.17, 15) is 4.79 Å². The minimum atomic E-state index is -0.352. The van der Waals surface area contributed by atoms with Gasteiger partial charge in [0.15, 0.2) is 5.17 Å². The molecule has 1 heterocycles. The summed E-state index contributed by atoms with van der Waals surface area (Å²) >= 11 is 1.53. The molecule has 1 atom stereocenters. The summed E-state index contributed by atoms with van der Waals surface area (Å²) in [7, 11) is 0. The van der Waals surface area contributed by atoms with E-state index in [1.165, 1.54) is 11.8 Å². The predicted molar refractivity (Wildman–Crippen MR) is 85.5 cm³/mol. The van der Waals surface area contributed by atoms with E-state index in [1.807, 2.05) is 58.0 Å². The van der Waals surface area contributed by atoms with Crippen molar-refractivity contribution >= 4 is 22.8 Å². The van der Waals surface area contributed by atoms with Crippen molar-refractivity contribution in [3.8, 4) is 0 Å². The van der Waals surface area contributed by atoms with Gasteiger partial charge in [-0.15, -0.1) is 0 Å². The first-order valence-electron chi connectivity index (χ1n) is 6.73. The zero-order valence-corrected chi connectivity index (χ0v) is 12.9. The van der Waals surface area contributed by atoms with Gasteiger partial charge in [0.2, 0.25) is 5.91 Å². The molecule has 2 rings (SSSR count). The van der Waals surface area contributed by atoms with Gasteiger partial charge in [-0.2, -0.15) is 0 Å². The number of rotatable bonds is 3. The van der Waals surface area contributed by atoms with Crippen molar-refractivity contribution in [3.63, 3.8) is 0 Å². The summed E-state index contributed by atoms with van der Waals surface area (Å²) < 4.78 is -0.352. The lowest BCUT2D eigenvalue weighted by molar-refractivity contribution is -0.121. The first-order valence-corrected chi connectivity index (χ1v) is 7.54. The molecule has 4 heteroatoms. The van der Waals surface area contributed by atoms with Crippen LogP contribution in [0, 0.1) is 0 Å². The second kappa shape index (κ2) is 7.34. The Morgan fingerprint density at radius 2 is 1.95 bits per heavy atom. The first-order chi connectivity index (χ1) is 9.14. The number of amidine groups is 1. The molecular formula is C15H24N2OS. The van der Waals surface area contributed by atoms with Crippen LogP contribution in [0.5, 0.6) is 0 Å². The third-order valence-electron chi connectivity index (χ3n) is 2.95. The average Bonchev–Trinajstić information content (AvgIpc) is 2.76. The van der Waals surface area contributed by atoms with E-state index in [2.05, 4.69) is 10.3 Å². The molecule has 1 aromatic carbocycles. The Labute approximate surface area is 121 Å². The summed E-state index contributed by atoms with van der Waals surface area (Å²) in [6.07, 6.45) is 0.813. The van der Waals surface area contributed by atoms with E-state index in [4.69, 9.17) is 0 Å². The lowest BCUT2D eigenvalue weighted by atomic mass is 10.1. The number of hydrogen-bond donors (Lipinski definition) is 1. The normalized spacial score (nSPS) is 23.8. The van der Waals surface area contributed by atoms with Crippen LogP contribution in [-0.2, 0) is 11.3 Å². The third kappa shape index (κ3) is 4.10. The fourth-order valence-electron chi connectivity index (χ4n) is 1.57. The van der Waals surface area contributed by atoms with E-state index in [0.717, 1.165) is 17.2 Å². The lowest BCUT2D eigenvalue weighted by Crippen LogP contribution is -2.33. The quantitative estimate of drug-likeness (QED) is 0.913. The fourth-order valence-corrected chi connectivity index (χ4v) is 2.55. The van der Waals surface area contributed by atoms with E-state index in [1.54, 1.807) is 0 Å². The number of thioether (sulfide) groups is 1. The second-order valence-corrected chi connectivity index (χ2v) is 5.74. The molecule has 106 valence electrons. The van der Waals surface area contributed by atoms with Gasteiger partial charge in [-0.25, -0.2) is 0 Å². The SMILES string of the molecule is CC.CCC1(C)SC(=NCc2ccccc2)NC1=O.[HH]. The molecule has 1 amide bonds. The first kappa shape index (κ1) is 15.8. The van der Waals surface area contributed by atoms with Crippen LogP contribution < -0.4 is 5.32 Å². The van der Waals surface area contributed by atoms with Gasteiger partial charge in [0, 0.05) is 1.43 Å². The van der Waals surface area contributed by atoms with Crippen LogP contribution in [0.2, 0.25) is 0 Å². The van der Waals surface area contributed by atoms with Crippen molar-refractivity contribution in [2.24, 2.45) is 4.99 Å². The molecule has 0 aliphatic carbocycles. The van der Waals surface area contributed by atoms with Crippen LogP contribution in [0.3, 0.4) is 0 Å². The Balaban J connectivity index is 0.00000115. The second-order valence-electron chi connectivity index (χ2n) is 4.25. The average molecular weight is 280 g/mol. The largest absolute Gasteiger partial charge is 0.304 e. The minimum Gasteiger partial charge on any atom is -0.304 e. The summed E-state index contributed by atoms with van der Waals surface area (Å²) in [5.41, 5.74) is 1.15.